The lowest BCUT2D eigenvalue weighted by Crippen LogP contribution is -2.41. The van der Waals surface area contributed by atoms with E-state index in [1.807, 2.05) is 4.90 Å². The Bertz CT molecular complexity index is 610. The number of carbonyl (C=O) groups excluding carboxylic acids is 3. The van der Waals surface area contributed by atoms with Gasteiger partial charge in [-0.25, -0.2) is 0 Å². The Kier molecular flexibility index (Phi) is 6.31. The minimum Gasteiger partial charge on any atom is -0.469 e. The Balaban J connectivity index is 1.84. The molecule has 7 heteroatoms. The fourth-order valence-corrected chi connectivity index (χ4v) is 2.78. The number of nitrogens with one attached hydrogen (secondary N) is 2. The average molecular weight is 333 g/mol. The van der Waals surface area contributed by atoms with Gasteiger partial charge in [-0.15, -0.1) is 0 Å². The van der Waals surface area contributed by atoms with E-state index < -0.39 is 0 Å². The highest BCUT2D eigenvalue weighted by atomic mass is 16.5. The van der Waals surface area contributed by atoms with Crippen molar-refractivity contribution in [3.63, 3.8) is 0 Å². The maximum absolute atomic E-state index is 12.2. The summed E-state index contributed by atoms with van der Waals surface area (Å²) >= 11 is 0. The normalized spacial score (nSPS) is 15.6. The molecule has 0 aliphatic carbocycles. The van der Waals surface area contributed by atoms with Crippen LogP contribution in [0.15, 0.2) is 24.3 Å². The summed E-state index contributed by atoms with van der Waals surface area (Å²) in [6.45, 7) is 1.63. The molecule has 0 bridgehead atoms. The summed E-state index contributed by atoms with van der Waals surface area (Å²) in [4.78, 5) is 37.3. The van der Waals surface area contributed by atoms with Gasteiger partial charge in [-0.2, -0.15) is 0 Å². The molecule has 1 aliphatic rings. The molecule has 1 aromatic carbocycles. The fraction of sp³-hybridized carbons (Fsp3) is 0.471. The van der Waals surface area contributed by atoms with Gasteiger partial charge in [0.1, 0.15) is 0 Å². The number of amides is 2. The van der Waals surface area contributed by atoms with Crippen LogP contribution in [0.3, 0.4) is 0 Å². The summed E-state index contributed by atoms with van der Waals surface area (Å²) < 4.78 is 4.76. The molecule has 130 valence electrons. The minimum absolute atomic E-state index is 0.0708. The first-order valence-corrected chi connectivity index (χ1v) is 7.95. The average Bonchev–Trinajstić information content (AvgIpc) is 2.61. The zero-order chi connectivity index (χ0) is 17.5. The molecule has 2 rings (SSSR count). The van der Waals surface area contributed by atoms with Gasteiger partial charge in [0.05, 0.1) is 19.6 Å². The van der Waals surface area contributed by atoms with Crippen molar-refractivity contribution in [2.75, 3.05) is 39.1 Å². The Labute approximate surface area is 141 Å². The predicted octanol–water partition coefficient (Wildman–Crippen LogP) is 0.870. The Morgan fingerprint density at radius 2 is 1.96 bits per heavy atom. The number of hydrogen-bond acceptors (Lipinski definition) is 5. The topological polar surface area (TPSA) is 87.7 Å². The fourth-order valence-electron chi connectivity index (χ4n) is 2.78. The van der Waals surface area contributed by atoms with Gasteiger partial charge in [0.15, 0.2) is 0 Å². The number of anilines is 1. The monoisotopic (exact) mass is 333 g/mol. The molecule has 2 N–H and O–H groups in total. The highest BCUT2D eigenvalue weighted by molar-refractivity contribution is 5.97. The van der Waals surface area contributed by atoms with Crippen molar-refractivity contribution in [1.82, 2.24) is 10.2 Å². The van der Waals surface area contributed by atoms with Crippen LogP contribution in [-0.4, -0.2) is 56.5 Å². The summed E-state index contributed by atoms with van der Waals surface area (Å²) in [5, 5.41) is 5.35. The smallest absolute Gasteiger partial charge is 0.308 e. The predicted molar refractivity (Wildman–Crippen MR) is 89.6 cm³/mol. The first kappa shape index (κ1) is 17.9. The van der Waals surface area contributed by atoms with E-state index in [0.29, 0.717) is 37.2 Å². The van der Waals surface area contributed by atoms with E-state index in [4.69, 9.17) is 4.74 Å². The van der Waals surface area contributed by atoms with Crippen LogP contribution in [0.1, 0.15) is 23.2 Å². The molecule has 0 radical (unpaired) electrons. The molecular weight excluding hydrogens is 310 g/mol. The van der Waals surface area contributed by atoms with Gasteiger partial charge in [0.2, 0.25) is 5.91 Å². The summed E-state index contributed by atoms with van der Waals surface area (Å²) in [6.07, 6.45) is 1.40. The standard InChI is InChI=1S/C17H23N3O4/c1-18-16(22)13-4-3-5-14(10-13)19-15(21)11-20-8-6-12(7-9-20)17(23)24-2/h3-5,10,12H,6-9,11H2,1-2H3,(H,18,22)(H,19,21). The third-order valence-corrected chi connectivity index (χ3v) is 4.12. The highest BCUT2D eigenvalue weighted by Crippen LogP contribution is 2.18. The summed E-state index contributed by atoms with van der Waals surface area (Å²) in [6, 6.07) is 6.79. The van der Waals surface area contributed by atoms with Gasteiger partial charge in [0.25, 0.3) is 5.91 Å². The quantitative estimate of drug-likeness (QED) is 0.781. The van der Waals surface area contributed by atoms with E-state index in [0.717, 1.165) is 0 Å². The van der Waals surface area contributed by atoms with Crippen LogP contribution in [0.5, 0.6) is 0 Å². The number of esters is 1. The molecule has 7 nitrogen and oxygen atoms in total. The molecule has 1 aromatic rings. The zero-order valence-electron chi connectivity index (χ0n) is 14.0. The molecule has 0 spiro atoms. The van der Waals surface area contributed by atoms with Gasteiger partial charge in [-0.3, -0.25) is 19.3 Å². The van der Waals surface area contributed by atoms with Crippen LogP contribution in [0.25, 0.3) is 0 Å². The maximum atomic E-state index is 12.2. The number of rotatable bonds is 5. The second kappa shape index (κ2) is 8.44. The second-order valence-corrected chi connectivity index (χ2v) is 5.78. The lowest BCUT2D eigenvalue weighted by Gasteiger charge is -2.29. The van der Waals surface area contributed by atoms with Crippen molar-refractivity contribution in [2.45, 2.75) is 12.8 Å². The number of piperidine rings is 1. The Morgan fingerprint density at radius 3 is 2.58 bits per heavy atom. The highest BCUT2D eigenvalue weighted by Gasteiger charge is 2.26. The molecule has 2 amide bonds. The number of benzene rings is 1. The lowest BCUT2D eigenvalue weighted by molar-refractivity contribution is -0.147. The molecular formula is C17H23N3O4. The van der Waals surface area contributed by atoms with Crippen LogP contribution >= 0.6 is 0 Å². The molecule has 0 unspecified atom stereocenters. The number of likely N-dealkylation sites (tertiary alicyclic amines) is 1. The van der Waals surface area contributed by atoms with E-state index in [1.165, 1.54) is 7.11 Å². The van der Waals surface area contributed by atoms with Gasteiger partial charge in [-0.05, 0) is 44.1 Å². The van der Waals surface area contributed by atoms with E-state index in [-0.39, 0.29) is 30.2 Å². The Hall–Kier alpha value is -2.41. The summed E-state index contributed by atoms with van der Waals surface area (Å²) in [5.41, 5.74) is 1.08. The van der Waals surface area contributed by atoms with Crippen molar-refractivity contribution in [3.8, 4) is 0 Å². The number of ether oxygens (including phenoxy) is 1. The van der Waals surface area contributed by atoms with Crippen molar-refractivity contribution in [2.24, 2.45) is 5.92 Å². The van der Waals surface area contributed by atoms with Crippen LogP contribution in [0, 0.1) is 5.92 Å². The number of nitrogens with zero attached hydrogens (tertiary/aromatic N) is 1. The second-order valence-electron chi connectivity index (χ2n) is 5.78. The van der Waals surface area contributed by atoms with Gasteiger partial charge < -0.3 is 15.4 Å². The van der Waals surface area contributed by atoms with E-state index in [9.17, 15) is 14.4 Å². The van der Waals surface area contributed by atoms with Gasteiger partial charge in [0, 0.05) is 18.3 Å². The van der Waals surface area contributed by atoms with Crippen LogP contribution in [0.2, 0.25) is 0 Å². The van der Waals surface area contributed by atoms with Crippen molar-refractivity contribution >= 4 is 23.5 Å². The minimum atomic E-state index is -0.198. The number of methoxy groups -OCH3 is 1. The van der Waals surface area contributed by atoms with Crippen molar-refractivity contribution < 1.29 is 19.1 Å². The summed E-state index contributed by atoms with van der Waals surface area (Å²) in [7, 11) is 2.96. The van der Waals surface area contributed by atoms with E-state index in [2.05, 4.69) is 10.6 Å². The van der Waals surface area contributed by atoms with E-state index >= 15 is 0 Å². The van der Waals surface area contributed by atoms with E-state index in [1.54, 1.807) is 31.3 Å². The lowest BCUT2D eigenvalue weighted by atomic mass is 9.97. The third-order valence-electron chi connectivity index (χ3n) is 4.12. The molecule has 0 aromatic heterocycles. The molecule has 1 aliphatic heterocycles. The zero-order valence-corrected chi connectivity index (χ0v) is 14.0. The number of hydrogen-bond donors (Lipinski definition) is 2. The molecule has 1 fully saturated rings. The van der Waals surface area contributed by atoms with Crippen LogP contribution in [0.4, 0.5) is 5.69 Å². The van der Waals surface area contributed by atoms with Gasteiger partial charge >= 0.3 is 5.97 Å². The molecule has 1 heterocycles. The van der Waals surface area contributed by atoms with Crippen LogP contribution in [-0.2, 0) is 14.3 Å². The molecule has 24 heavy (non-hydrogen) atoms. The molecule has 1 saturated heterocycles. The SMILES string of the molecule is CNC(=O)c1cccc(NC(=O)CN2CCC(C(=O)OC)CC2)c1. The largest absolute Gasteiger partial charge is 0.469 e. The van der Waals surface area contributed by atoms with Crippen molar-refractivity contribution in [3.05, 3.63) is 29.8 Å². The maximum Gasteiger partial charge on any atom is 0.308 e. The van der Waals surface area contributed by atoms with Crippen molar-refractivity contribution in [1.29, 1.82) is 0 Å². The Morgan fingerprint density at radius 1 is 1.25 bits per heavy atom. The number of carbonyl (C=O) groups is 3. The first-order chi connectivity index (χ1) is 11.5. The van der Waals surface area contributed by atoms with Gasteiger partial charge in [-0.1, -0.05) is 6.07 Å². The summed E-state index contributed by atoms with van der Waals surface area (Å²) in [5.74, 6) is -0.583. The van der Waals surface area contributed by atoms with Crippen LogP contribution < -0.4 is 10.6 Å². The first-order valence-electron chi connectivity index (χ1n) is 7.95. The molecule has 0 atom stereocenters. The molecule has 0 saturated carbocycles. The third kappa shape index (κ3) is 4.79.